The van der Waals surface area contributed by atoms with E-state index in [1.807, 2.05) is 12.1 Å². The zero-order chi connectivity index (χ0) is 11.9. The first-order chi connectivity index (χ1) is 8.34. The number of piperidine rings is 1. The highest BCUT2D eigenvalue weighted by Gasteiger charge is 2.08. The van der Waals surface area contributed by atoms with Gasteiger partial charge < -0.3 is 15.4 Å². The van der Waals surface area contributed by atoms with Gasteiger partial charge in [0.1, 0.15) is 5.82 Å². The molecule has 2 heterocycles. The van der Waals surface area contributed by atoms with Gasteiger partial charge in [-0.2, -0.15) is 0 Å². The van der Waals surface area contributed by atoms with Crippen molar-refractivity contribution in [1.82, 2.24) is 9.88 Å². The monoisotopic (exact) mass is 235 g/mol. The summed E-state index contributed by atoms with van der Waals surface area (Å²) in [5.74, 6) is 0.557. The Morgan fingerprint density at radius 1 is 1.24 bits per heavy atom. The standard InChI is InChI=1S/C13H21N3O/c14-13-5-4-12(10-15-13)11-17-9-8-16-6-2-1-3-7-16/h4-5,10H,1-3,6-9,11H2,(H2,14,15). The molecule has 0 unspecified atom stereocenters. The molecule has 0 saturated carbocycles. The van der Waals surface area contributed by atoms with Crippen LogP contribution in [0, 0.1) is 0 Å². The number of nitrogens with two attached hydrogens (primary N) is 1. The highest BCUT2D eigenvalue weighted by atomic mass is 16.5. The van der Waals surface area contributed by atoms with Gasteiger partial charge in [0.15, 0.2) is 0 Å². The summed E-state index contributed by atoms with van der Waals surface area (Å²) >= 11 is 0. The van der Waals surface area contributed by atoms with Crippen molar-refractivity contribution in [3.63, 3.8) is 0 Å². The van der Waals surface area contributed by atoms with E-state index in [9.17, 15) is 0 Å². The van der Waals surface area contributed by atoms with Gasteiger partial charge in [-0.05, 0) is 37.6 Å². The number of rotatable bonds is 5. The molecule has 94 valence electrons. The summed E-state index contributed by atoms with van der Waals surface area (Å²) in [6.45, 7) is 4.92. The van der Waals surface area contributed by atoms with Crippen molar-refractivity contribution in [2.24, 2.45) is 0 Å². The molecule has 0 spiro atoms. The Labute approximate surface area is 103 Å². The molecular formula is C13H21N3O. The number of hydrogen-bond donors (Lipinski definition) is 1. The molecule has 0 aliphatic carbocycles. The number of hydrogen-bond acceptors (Lipinski definition) is 4. The van der Waals surface area contributed by atoms with Crippen LogP contribution >= 0.6 is 0 Å². The lowest BCUT2D eigenvalue weighted by molar-refractivity contribution is 0.0862. The Kier molecular flexibility index (Phi) is 4.76. The van der Waals surface area contributed by atoms with E-state index >= 15 is 0 Å². The molecule has 4 heteroatoms. The molecule has 1 saturated heterocycles. The molecule has 4 nitrogen and oxygen atoms in total. The lowest BCUT2D eigenvalue weighted by atomic mass is 10.1. The zero-order valence-electron chi connectivity index (χ0n) is 10.3. The Morgan fingerprint density at radius 3 is 2.76 bits per heavy atom. The van der Waals surface area contributed by atoms with E-state index in [1.165, 1.54) is 32.4 Å². The summed E-state index contributed by atoms with van der Waals surface area (Å²) in [6, 6.07) is 3.77. The summed E-state index contributed by atoms with van der Waals surface area (Å²) in [7, 11) is 0. The maximum atomic E-state index is 5.64. The van der Waals surface area contributed by atoms with E-state index in [0.717, 1.165) is 18.7 Å². The zero-order valence-corrected chi connectivity index (χ0v) is 10.3. The van der Waals surface area contributed by atoms with Gasteiger partial charge in [-0.25, -0.2) is 4.98 Å². The van der Waals surface area contributed by atoms with Crippen LogP contribution in [-0.2, 0) is 11.3 Å². The molecular weight excluding hydrogens is 214 g/mol. The quantitative estimate of drug-likeness (QED) is 0.789. The summed E-state index contributed by atoms with van der Waals surface area (Å²) in [5.41, 5.74) is 6.60. The van der Waals surface area contributed by atoms with Crippen LogP contribution in [0.2, 0.25) is 0 Å². The first kappa shape index (κ1) is 12.3. The lowest BCUT2D eigenvalue weighted by Crippen LogP contribution is -2.32. The predicted molar refractivity (Wildman–Crippen MR) is 68.6 cm³/mol. The second kappa shape index (κ2) is 6.57. The topological polar surface area (TPSA) is 51.4 Å². The van der Waals surface area contributed by atoms with E-state index in [-0.39, 0.29) is 0 Å². The number of ether oxygens (including phenoxy) is 1. The second-order valence-electron chi connectivity index (χ2n) is 4.55. The minimum absolute atomic E-state index is 0.557. The fraction of sp³-hybridized carbons (Fsp3) is 0.615. The molecule has 1 aromatic heterocycles. The average molecular weight is 235 g/mol. The number of anilines is 1. The molecule has 0 radical (unpaired) electrons. The number of aromatic nitrogens is 1. The molecule has 0 amide bonds. The second-order valence-corrected chi connectivity index (χ2v) is 4.55. The van der Waals surface area contributed by atoms with Crippen molar-refractivity contribution in [1.29, 1.82) is 0 Å². The number of nitrogen functional groups attached to an aromatic ring is 1. The third-order valence-corrected chi connectivity index (χ3v) is 3.12. The van der Waals surface area contributed by atoms with Gasteiger partial charge in [-0.1, -0.05) is 12.5 Å². The van der Waals surface area contributed by atoms with E-state index in [2.05, 4.69) is 9.88 Å². The van der Waals surface area contributed by atoms with Crippen molar-refractivity contribution >= 4 is 5.82 Å². The van der Waals surface area contributed by atoms with Crippen LogP contribution in [0.1, 0.15) is 24.8 Å². The largest absolute Gasteiger partial charge is 0.384 e. The predicted octanol–water partition coefficient (Wildman–Crippen LogP) is 1.67. The SMILES string of the molecule is Nc1ccc(COCCN2CCCCC2)cn1. The van der Waals surface area contributed by atoms with Crippen LogP contribution in [0.25, 0.3) is 0 Å². The third kappa shape index (κ3) is 4.32. The van der Waals surface area contributed by atoms with Gasteiger partial charge in [0.25, 0.3) is 0 Å². The Morgan fingerprint density at radius 2 is 2.06 bits per heavy atom. The van der Waals surface area contributed by atoms with Crippen LogP contribution in [0.15, 0.2) is 18.3 Å². The number of likely N-dealkylation sites (tertiary alicyclic amines) is 1. The molecule has 0 aromatic carbocycles. The summed E-state index contributed by atoms with van der Waals surface area (Å²) < 4.78 is 5.64. The van der Waals surface area contributed by atoms with Crippen LogP contribution in [0.4, 0.5) is 5.82 Å². The van der Waals surface area contributed by atoms with Crippen molar-refractivity contribution < 1.29 is 4.74 Å². The minimum atomic E-state index is 0.557. The van der Waals surface area contributed by atoms with Crippen LogP contribution in [0.5, 0.6) is 0 Å². The maximum absolute atomic E-state index is 5.64. The highest BCUT2D eigenvalue weighted by molar-refractivity contribution is 5.28. The lowest BCUT2D eigenvalue weighted by Gasteiger charge is -2.26. The Hall–Kier alpha value is -1.13. The molecule has 0 atom stereocenters. The third-order valence-electron chi connectivity index (χ3n) is 3.12. The highest BCUT2D eigenvalue weighted by Crippen LogP contribution is 2.08. The fourth-order valence-corrected chi connectivity index (χ4v) is 2.09. The molecule has 1 aliphatic heterocycles. The first-order valence-corrected chi connectivity index (χ1v) is 6.35. The fourth-order valence-electron chi connectivity index (χ4n) is 2.09. The molecule has 1 aliphatic rings. The van der Waals surface area contributed by atoms with E-state index in [4.69, 9.17) is 10.5 Å². The van der Waals surface area contributed by atoms with E-state index < -0.39 is 0 Å². The smallest absolute Gasteiger partial charge is 0.123 e. The molecule has 0 bridgehead atoms. The van der Waals surface area contributed by atoms with Gasteiger partial charge in [0.05, 0.1) is 13.2 Å². The van der Waals surface area contributed by atoms with E-state index in [0.29, 0.717) is 12.4 Å². The molecule has 2 N–H and O–H groups in total. The summed E-state index contributed by atoms with van der Waals surface area (Å²) in [4.78, 5) is 6.51. The Balaban J connectivity index is 1.60. The molecule has 1 aromatic rings. The van der Waals surface area contributed by atoms with Gasteiger partial charge in [-0.3, -0.25) is 0 Å². The number of pyridine rings is 1. The van der Waals surface area contributed by atoms with Gasteiger partial charge >= 0.3 is 0 Å². The normalized spacial score (nSPS) is 17.2. The number of nitrogens with zero attached hydrogens (tertiary/aromatic N) is 2. The van der Waals surface area contributed by atoms with Crippen LogP contribution in [0.3, 0.4) is 0 Å². The minimum Gasteiger partial charge on any atom is -0.384 e. The molecule has 1 fully saturated rings. The summed E-state index contributed by atoms with van der Waals surface area (Å²) in [5, 5.41) is 0. The van der Waals surface area contributed by atoms with E-state index in [1.54, 1.807) is 6.20 Å². The average Bonchev–Trinajstić information content (AvgIpc) is 2.38. The van der Waals surface area contributed by atoms with Crippen molar-refractivity contribution in [3.8, 4) is 0 Å². The van der Waals surface area contributed by atoms with Crippen LogP contribution < -0.4 is 5.73 Å². The first-order valence-electron chi connectivity index (χ1n) is 6.35. The maximum Gasteiger partial charge on any atom is 0.123 e. The van der Waals surface area contributed by atoms with Crippen LogP contribution in [-0.4, -0.2) is 36.1 Å². The van der Waals surface area contributed by atoms with Gasteiger partial charge in [-0.15, -0.1) is 0 Å². The van der Waals surface area contributed by atoms with Crippen molar-refractivity contribution in [2.45, 2.75) is 25.9 Å². The summed E-state index contributed by atoms with van der Waals surface area (Å²) in [6.07, 6.45) is 5.83. The van der Waals surface area contributed by atoms with Gasteiger partial charge in [0, 0.05) is 12.7 Å². The van der Waals surface area contributed by atoms with Crippen molar-refractivity contribution in [2.75, 3.05) is 32.0 Å². The van der Waals surface area contributed by atoms with Gasteiger partial charge in [0.2, 0.25) is 0 Å². The Bertz CT molecular complexity index is 320. The molecule has 17 heavy (non-hydrogen) atoms. The van der Waals surface area contributed by atoms with Crippen molar-refractivity contribution in [3.05, 3.63) is 23.9 Å². The molecule has 2 rings (SSSR count).